The van der Waals surface area contributed by atoms with Crippen LogP contribution in [0.2, 0.25) is 5.02 Å². The molecular weight excluding hydrogens is 453 g/mol. The number of likely N-dealkylation sites (tertiary alicyclic amines) is 1. The van der Waals surface area contributed by atoms with Gasteiger partial charge in [-0.3, -0.25) is 29.4 Å². The van der Waals surface area contributed by atoms with Crippen LogP contribution in [0.25, 0.3) is 0 Å². The van der Waals surface area contributed by atoms with Crippen molar-refractivity contribution >= 4 is 41.0 Å². The van der Waals surface area contributed by atoms with Crippen molar-refractivity contribution in [1.29, 1.82) is 0 Å². The van der Waals surface area contributed by atoms with Crippen molar-refractivity contribution in [2.24, 2.45) is 11.8 Å². The van der Waals surface area contributed by atoms with Crippen molar-refractivity contribution in [3.63, 3.8) is 0 Å². The summed E-state index contributed by atoms with van der Waals surface area (Å²) in [6.45, 7) is -0.0797. The second kappa shape index (κ2) is 7.64. The molecule has 4 atom stereocenters. The highest BCUT2D eigenvalue weighted by atomic mass is 35.5. The zero-order chi connectivity index (χ0) is 23.5. The number of benzene rings is 2. The third-order valence-corrected chi connectivity index (χ3v) is 7.09. The number of carboxylic acids is 1. The van der Waals surface area contributed by atoms with Gasteiger partial charge in [-0.1, -0.05) is 29.8 Å². The van der Waals surface area contributed by atoms with Crippen molar-refractivity contribution < 1.29 is 28.7 Å². The second-order valence-electron chi connectivity index (χ2n) is 8.49. The molecule has 2 fully saturated rings. The topological polar surface area (TPSA) is 116 Å². The third-order valence-electron chi connectivity index (χ3n) is 6.72. The molecule has 170 valence electrons. The second-order valence-corrected chi connectivity index (χ2v) is 8.90. The molecule has 10 heteroatoms. The van der Waals surface area contributed by atoms with Crippen LogP contribution in [0, 0.1) is 17.7 Å². The van der Waals surface area contributed by atoms with Gasteiger partial charge < -0.3 is 10.4 Å². The quantitative estimate of drug-likeness (QED) is 0.576. The summed E-state index contributed by atoms with van der Waals surface area (Å²) < 4.78 is 14.2. The van der Waals surface area contributed by atoms with Crippen molar-refractivity contribution in [3.8, 4) is 0 Å². The number of rotatable bonds is 5. The highest BCUT2D eigenvalue weighted by Gasteiger charge is 2.70. The summed E-state index contributed by atoms with van der Waals surface area (Å²) in [4.78, 5) is 52.6. The van der Waals surface area contributed by atoms with Gasteiger partial charge in [0.2, 0.25) is 17.7 Å². The Morgan fingerprint density at radius 2 is 1.91 bits per heavy atom. The number of aliphatic carboxylic acids is 1. The van der Waals surface area contributed by atoms with Crippen LogP contribution in [0.3, 0.4) is 0 Å². The molecule has 3 amide bonds. The van der Waals surface area contributed by atoms with E-state index in [1.807, 2.05) is 0 Å². The Kier molecular flexibility index (Phi) is 4.98. The largest absolute Gasteiger partial charge is 0.481 e. The molecule has 1 spiro atoms. The lowest BCUT2D eigenvalue weighted by molar-refractivity contribution is -0.144. The zero-order valence-corrected chi connectivity index (χ0v) is 17.9. The Labute approximate surface area is 192 Å². The number of fused-ring (bicyclic) bond motifs is 4. The zero-order valence-electron chi connectivity index (χ0n) is 17.2. The first-order chi connectivity index (χ1) is 15.7. The number of carbonyl (C=O) groups is 4. The number of nitrogens with zero attached hydrogens (tertiary/aromatic N) is 1. The lowest BCUT2D eigenvalue weighted by atomic mass is 9.76. The Hall–Kier alpha value is -3.30. The van der Waals surface area contributed by atoms with Gasteiger partial charge in [-0.2, -0.15) is 0 Å². The van der Waals surface area contributed by atoms with Gasteiger partial charge >= 0.3 is 5.97 Å². The Morgan fingerprint density at radius 1 is 1.15 bits per heavy atom. The molecule has 3 aliphatic heterocycles. The minimum absolute atomic E-state index is 0.0229. The van der Waals surface area contributed by atoms with E-state index in [-0.39, 0.29) is 24.9 Å². The van der Waals surface area contributed by atoms with Crippen molar-refractivity contribution in [2.45, 2.75) is 31.0 Å². The summed E-state index contributed by atoms with van der Waals surface area (Å²) in [6.07, 6.45) is -0.240. The third kappa shape index (κ3) is 3.14. The van der Waals surface area contributed by atoms with Crippen LogP contribution in [0.4, 0.5) is 10.1 Å². The lowest BCUT2D eigenvalue weighted by Crippen LogP contribution is -2.53. The van der Waals surface area contributed by atoms with Gasteiger partial charge in [0.15, 0.2) is 0 Å². The smallest absolute Gasteiger partial charge is 0.303 e. The van der Waals surface area contributed by atoms with Crippen LogP contribution in [0.15, 0.2) is 42.5 Å². The maximum atomic E-state index is 14.2. The molecule has 33 heavy (non-hydrogen) atoms. The summed E-state index contributed by atoms with van der Waals surface area (Å²) in [5.74, 6) is -5.45. The number of hydrogen-bond donors (Lipinski definition) is 3. The number of carbonyl (C=O) groups excluding carboxylic acids is 3. The molecule has 0 radical (unpaired) electrons. The van der Waals surface area contributed by atoms with Crippen LogP contribution in [0.5, 0.6) is 0 Å². The van der Waals surface area contributed by atoms with Gasteiger partial charge in [0, 0.05) is 28.7 Å². The first kappa shape index (κ1) is 21.5. The van der Waals surface area contributed by atoms with Crippen LogP contribution >= 0.6 is 11.6 Å². The predicted molar refractivity (Wildman–Crippen MR) is 114 cm³/mol. The van der Waals surface area contributed by atoms with Gasteiger partial charge in [0.25, 0.3) is 0 Å². The summed E-state index contributed by atoms with van der Waals surface area (Å²) >= 11 is 6.23. The molecule has 5 rings (SSSR count). The van der Waals surface area contributed by atoms with Crippen LogP contribution in [-0.4, -0.2) is 39.7 Å². The normalized spacial score (nSPS) is 27.8. The number of imide groups is 1. The van der Waals surface area contributed by atoms with Gasteiger partial charge in [-0.15, -0.1) is 0 Å². The Morgan fingerprint density at radius 3 is 2.64 bits per heavy atom. The Bertz CT molecular complexity index is 1220. The fourth-order valence-electron chi connectivity index (χ4n) is 5.31. The van der Waals surface area contributed by atoms with E-state index in [1.165, 1.54) is 18.2 Å². The maximum Gasteiger partial charge on any atom is 0.303 e. The van der Waals surface area contributed by atoms with E-state index in [2.05, 4.69) is 10.6 Å². The fourth-order valence-corrected chi connectivity index (χ4v) is 5.51. The van der Waals surface area contributed by atoms with Crippen molar-refractivity contribution in [2.75, 3.05) is 5.32 Å². The average molecular weight is 472 g/mol. The minimum Gasteiger partial charge on any atom is -0.481 e. The minimum atomic E-state index is -1.67. The molecule has 0 aromatic heterocycles. The van der Waals surface area contributed by atoms with Crippen LogP contribution in [0.1, 0.15) is 24.0 Å². The summed E-state index contributed by atoms with van der Waals surface area (Å²) in [6, 6.07) is 9.80. The molecular formula is C23H19ClFN3O5. The fraction of sp³-hybridized carbons (Fsp3) is 0.304. The molecule has 3 aliphatic rings. The number of anilines is 1. The van der Waals surface area contributed by atoms with Gasteiger partial charge in [-0.25, -0.2) is 4.39 Å². The van der Waals surface area contributed by atoms with Gasteiger partial charge in [0.1, 0.15) is 11.4 Å². The van der Waals surface area contributed by atoms with E-state index in [0.717, 1.165) is 4.90 Å². The molecule has 0 bridgehead atoms. The van der Waals surface area contributed by atoms with Crippen molar-refractivity contribution in [3.05, 3.63) is 64.4 Å². The molecule has 0 saturated carbocycles. The predicted octanol–water partition coefficient (Wildman–Crippen LogP) is 2.26. The molecule has 3 heterocycles. The highest BCUT2D eigenvalue weighted by molar-refractivity contribution is 6.31. The van der Waals surface area contributed by atoms with Gasteiger partial charge in [-0.05, 0) is 36.2 Å². The molecule has 2 aromatic rings. The molecule has 0 unspecified atom stereocenters. The average Bonchev–Trinajstić information content (AvgIpc) is 3.34. The number of hydrogen-bond acceptors (Lipinski definition) is 5. The van der Waals surface area contributed by atoms with Crippen molar-refractivity contribution in [1.82, 2.24) is 10.2 Å². The SMILES string of the molecule is O=C(O)CC[C@@H]1N[C@@]2(C(=O)Nc3ccc(F)cc32)[C@@H]2C(=O)N(Cc3ccccc3Cl)C(=O)[C@H]12. The first-order valence-corrected chi connectivity index (χ1v) is 10.8. The molecule has 8 nitrogen and oxygen atoms in total. The first-order valence-electron chi connectivity index (χ1n) is 10.4. The maximum absolute atomic E-state index is 14.2. The number of amides is 3. The van der Waals surface area contributed by atoms with Crippen LogP contribution < -0.4 is 10.6 Å². The summed E-state index contributed by atoms with van der Waals surface area (Å²) in [5.41, 5.74) is -0.530. The Balaban J connectivity index is 1.60. The van der Waals surface area contributed by atoms with Crippen LogP contribution in [-0.2, 0) is 31.3 Å². The monoisotopic (exact) mass is 471 g/mol. The van der Waals surface area contributed by atoms with Gasteiger partial charge in [0.05, 0.1) is 18.4 Å². The van der Waals surface area contributed by atoms with E-state index in [9.17, 15) is 28.7 Å². The molecule has 2 aromatic carbocycles. The van der Waals surface area contributed by atoms with E-state index in [0.29, 0.717) is 16.3 Å². The molecule has 0 aliphatic carbocycles. The highest BCUT2D eigenvalue weighted by Crippen LogP contribution is 2.53. The standard InChI is InChI=1S/C23H19ClFN3O5/c24-14-4-2-1-3-11(14)10-28-20(31)18-16(7-8-17(29)30)27-23(19(18)21(28)32)13-9-12(25)5-6-15(13)26-22(23)33/h1-6,9,16,18-19,27H,7-8,10H2,(H,26,33)(H,29,30)/t16-,18+,19-,23+/m0/s1. The lowest BCUT2D eigenvalue weighted by Gasteiger charge is -2.29. The number of carboxylic acid groups (broad SMARTS) is 1. The van der Waals surface area contributed by atoms with E-state index >= 15 is 0 Å². The summed E-state index contributed by atoms with van der Waals surface area (Å²) in [7, 11) is 0. The van der Waals surface area contributed by atoms with E-state index < -0.39 is 52.9 Å². The van der Waals surface area contributed by atoms with E-state index in [4.69, 9.17) is 11.6 Å². The summed E-state index contributed by atoms with van der Waals surface area (Å²) in [5, 5.41) is 15.3. The number of halogens is 2. The number of nitrogens with one attached hydrogen (secondary N) is 2. The molecule has 3 N–H and O–H groups in total. The van der Waals surface area contributed by atoms with E-state index in [1.54, 1.807) is 24.3 Å². The molecule has 2 saturated heterocycles.